The molecule has 2 rings (SSSR count). The lowest BCUT2D eigenvalue weighted by molar-refractivity contribution is 0.575. The number of rotatable bonds is 5. The molecule has 2 atom stereocenters. The summed E-state index contributed by atoms with van der Waals surface area (Å²) in [6, 6.07) is 12.9. The van der Waals surface area contributed by atoms with Crippen LogP contribution in [0.4, 0.5) is 0 Å². The van der Waals surface area contributed by atoms with Crippen molar-refractivity contribution in [3.63, 3.8) is 0 Å². The number of nitrogens with zero attached hydrogens (tertiary/aromatic N) is 2. The molecule has 4 heteroatoms. The van der Waals surface area contributed by atoms with E-state index in [4.69, 9.17) is 11.3 Å². The van der Waals surface area contributed by atoms with Crippen LogP contribution in [0.3, 0.4) is 0 Å². The van der Waals surface area contributed by atoms with E-state index in [2.05, 4.69) is 16.7 Å². The maximum atomic E-state index is 7.33. The van der Waals surface area contributed by atoms with Crippen molar-refractivity contribution in [2.24, 2.45) is 10.8 Å². The molecule has 2 aromatic rings. The summed E-state index contributed by atoms with van der Waals surface area (Å²) in [5.74, 6) is 0. The highest BCUT2D eigenvalue weighted by atomic mass is 15.0. The molecule has 0 fully saturated rings. The van der Waals surface area contributed by atoms with Gasteiger partial charge >= 0.3 is 0 Å². The van der Waals surface area contributed by atoms with Gasteiger partial charge in [0.1, 0.15) is 6.04 Å². The van der Waals surface area contributed by atoms with E-state index >= 15 is 0 Å². The van der Waals surface area contributed by atoms with Crippen molar-refractivity contribution in [1.82, 2.24) is 4.98 Å². The topological polar surface area (TPSA) is 75.1 Å². The van der Waals surface area contributed by atoms with Gasteiger partial charge in [0.2, 0.25) is 0 Å². The van der Waals surface area contributed by atoms with E-state index in [0.29, 0.717) is 0 Å². The van der Waals surface area contributed by atoms with Gasteiger partial charge in [-0.1, -0.05) is 42.5 Å². The highest BCUT2D eigenvalue weighted by molar-refractivity contribution is 5.59. The van der Waals surface area contributed by atoms with Gasteiger partial charge in [-0.25, -0.2) is 5.53 Å². The van der Waals surface area contributed by atoms with Crippen LogP contribution in [0.1, 0.15) is 18.5 Å². The van der Waals surface area contributed by atoms with Gasteiger partial charge in [-0.05, 0) is 24.6 Å². The third-order valence-electron chi connectivity index (χ3n) is 3.26. The van der Waals surface area contributed by atoms with Crippen LogP contribution < -0.4 is 5.73 Å². The molecule has 20 heavy (non-hydrogen) atoms. The van der Waals surface area contributed by atoms with Crippen molar-refractivity contribution < 1.29 is 0 Å². The van der Waals surface area contributed by atoms with Crippen LogP contribution in [-0.4, -0.2) is 11.0 Å². The van der Waals surface area contributed by atoms with Crippen molar-refractivity contribution in [3.05, 3.63) is 66.4 Å². The summed E-state index contributed by atoms with van der Waals surface area (Å²) in [7, 11) is 0. The third kappa shape index (κ3) is 2.97. The van der Waals surface area contributed by atoms with Gasteiger partial charge in [-0.15, -0.1) is 0 Å². The molecule has 0 aliphatic rings. The predicted octanol–water partition coefficient (Wildman–Crippen LogP) is 3.72. The quantitative estimate of drug-likeness (QED) is 0.639. The van der Waals surface area contributed by atoms with Crippen LogP contribution in [0.2, 0.25) is 0 Å². The van der Waals surface area contributed by atoms with Gasteiger partial charge in [-0.3, -0.25) is 4.98 Å². The molecule has 2 unspecified atom stereocenters. The van der Waals surface area contributed by atoms with E-state index in [9.17, 15) is 0 Å². The van der Waals surface area contributed by atoms with Crippen LogP contribution in [0, 0.1) is 5.53 Å². The maximum Gasteiger partial charge on any atom is 0.114 e. The number of benzene rings is 1. The molecule has 0 saturated carbocycles. The highest BCUT2D eigenvalue weighted by Gasteiger charge is 2.19. The molecule has 0 spiro atoms. The fraction of sp³-hybridized carbons (Fsp3) is 0.188. The molecule has 0 radical (unpaired) electrons. The van der Waals surface area contributed by atoms with Gasteiger partial charge < -0.3 is 5.73 Å². The third-order valence-corrected chi connectivity index (χ3v) is 3.26. The number of hydrogen-bond donors (Lipinski definition) is 2. The van der Waals surface area contributed by atoms with E-state index in [-0.39, 0.29) is 12.1 Å². The highest BCUT2D eigenvalue weighted by Crippen LogP contribution is 2.26. The number of nitrogens with two attached hydrogens (primary N) is 1. The van der Waals surface area contributed by atoms with Crippen LogP contribution in [0.25, 0.3) is 11.3 Å². The Kier molecular flexibility index (Phi) is 4.38. The Bertz CT molecular complexity index is 590. The molecule has 1 heterocycles. The van der Waals surface area contributed by atoms with Crippen molar-refractivity contribution in [2.45, 2.75) is 19.0 Å². The van der Waals surface area contributed by atoms with E-state index in [1.807, 2.05) is 49.4 Å². The Morgan fingerprint density at radius 1 is 1.25 bits per heavy atom. The summed E-state index contributed by atoms with van der Waals surface area (Å²) in [6.45, 7) is 5.69. The monoisotopic (exact) mass is 266 g/mol. The predicted molar refractivity (Wildman–Crippen MR) is 80.4 cm³/mol. The van der Waals surface area contributed by atoms with E-state index < -0.39 is 0 Å². The molecule has 102 valence electrons. The number of nitrogens with one attached hydrogen (secondary N) is 1. The van der Waals surface area contributed by atoms with E-state index in [0.717, 1.165) is 22.4 Å². The van der Waals surface area contributed by atoms with Gasteiger partial charge in [0.15, 0.2) is 0 Å². The zero-order valence-corrected chi connectivity index (χ0v) is 11.5. The minimum Gasteiger partial charge on any atom is -0.322 e. The first kappa shape index (κ1) is 14.1. The summed E-state index contributed by atoms with van der Waals surface area (Å²) in [4.78, 5) is 4.31. The number of pyridine rings is 1. The Labute approximate surface area is 118 Å². The van der Waals surface area contributed by atoms with Gasteiger partial charge in [-0.2, -0.15) is 5.11 Å². The lowest BCUT2D eigenvalue weighted by atomic mass is 9.95. The average Bonchev–Trinajstić information content (AvgIpc) is 2.49. The summed E-state index contributed by atoms with van der Waals surface area (Å²) in [5.41, 5.74) is 17.0. The maximum absolute atomic E-state index is 7.33. The molecule has 0 aliphatic carbocycles. The van der Waals surface area contributed by atoms with E-state index in [1.165, 1.54) is 0 Å². The Morgan fingerprint density at radius 3 is 2.45 bits per heavy atom. The molecule has 0 saturated heterocycles. The minimum atomic E-state index is -0.384. The zero-order valence-electron chi connectivity index (χ0n) is 11.5. The Hall–Kier alpha value is -2.33. The van der Waals surface area contributed by atoms with Gasteiger partial charge in [0.25, 0.3) is 0 Å². The zero-order chi connectivity index (χ0) is 14.5. The second-order valence-corrected chi connectivity index (χ2v) is 4.78. The molecule has 0 aliphatic heterocycles. The molecule has 1 aromatic heterocycles. The van der Waals surface area contributed by atoms with Crippen LogP contribution >= 0.6 is 0 Å². The Balaban J connectivity index is 2.27. The molecular weight excluding hydrogens is 248 g/mol. The van der Waals surface area contributed by atoms with Crippen molar-refractivity contribution in [2.75, 3.05) is 0 Å². The van der Waals surface area contributed by atoms with Crippen molar-refractivity contribution in [3.8, 4) is 11.3 Å². The fourth-order valence-corrected chi connectivity index (χ4v) is 2.02. The van der Waals surface area contributed by atoms with E-state index in [1.54, 1.807) is 6.20 Å². The van der Waals surface area contributed by atoms with Crippen LogP contribution in [-0.2, 0) is 0 Å². The lowest BCUT2D eigenvalue weighted by Crippen LogP contribution is -2.27. The first-order chi connectivity index (χ1) is 9.63. The van der Waals surface area contributed by atoms with Crippen molar-refractivity contribution in [1.29, 1.82) is 5.53 Å². The Morgan fingerprint density at radius 2 is 1.95 bits per heavy atom. The van der Waals surface area contributed by atoms with Crippen LogP contribution in [0.15, 0.2) is 65.9 Å². The normalized spacial score (nSPS) is 13.5. The van der Waals surface area contributed by atoms with Crippen molar-refractivity contribution >= 4 is 0 Å². The smallest absolute Gasteiger partial charge is 0.114 e. The largest absolute Gasteiger partial charge is 0.322 e. The second kappa shape index (κ2) is 6.21. The van der Waals surface area contributed by atoms with Gasteiger partial charge in [0.05, 0.1) is 11.7 Å². The van der Waals surface area contributed by atoms with Gasteiger partial charge in [0, 0.05) is 11.8 Å². The SMILES string of the molecule is C=C(C)C(N)C(N=N)c1ccc(-c2ccccn2)cc1. The average molecular weight is 266 g/mol. The fourth-order valence-electron chi connectivity index (χ4n) is 2.02. The standard InChI is InChI=1S/C16H18N4/c1-11(2)15(17)16(20-18)13-8-6-12(7-9-13)14-5-3-4-10-19-14/h3-10,15-16,18H,1,17H2,2H3. The lowest BCUT2D eigenvalue weighted by Gasteiger charge is -2.19. The second-order valence-electron chi connectivity index (χ2n) is 4.78. The minimum absolute atomic E-state index is 0.340. The number of aromatic nitrogens is 1. The molecule has 0 bridgehead atoms. The summed E-state index contributed by atoms with van der Waals surface area (Å²) < 4.78 is 0. The number of hydrogen-bond acceptors (Lipinski definition) is 4. The summed E-state index contributed by atoms with van der Waals surface area (Å²) in [5, 5.41) is 3.63. The van der Waals surface area contributed by atoms with Crippen LogP contribution in [0.5, 0.6) is 0 Å². The summed E-state index contributed by atoms with van der Waals surface area (Å²) >= 11 is 0. The first-order valence-corrected chi connectivity index (χ1v) is 6.42. The molecular formula is C16H18N4. The molecule has 3 N–H and O–H groups in total. The summed E-state index contributed by atoms with van der Waals surface area (Å²) in [6.07, 6.45) is 1.77. The molecule has 1 aromatic carbocycles. The molecule has 4 nitrogen and oxygen atoms in total. The molecule has 0 amide bonds. The first-order valence-electron chi connectivity index (χ1n) is 6.42.